The van der Waals surface area contributed by atoms with Gasteiger partial charge in [-0.1, -0.05) is 6.92 Å². The quantitative estimate of drug-likeness (QED) is 0.749. The Hall–Kier alpha value is -1.97. The summed E-state index contributed by atoms with van der Waals surface area (Å²) in [5, 5.41) is 0. The third-order valence-corrected chi connectivity index (χ3v) is 3.14. The molecule has 0 aromatic heterocycles. The molecular weight excluding hydrogens is 256 g/mol. The summed E-state index contributed by atoms with van der Waals surface area (Å²) in [6.45, 7) is 4.90. The summed E-state index contributed by atoms with van der Waals surface area (Å²) in [6.07, 6.45) is 3.38. The summed E-state index contributed by atoms with van der Waals surface area (Å²) < 4.78 is 16.1. The highest BCUT2D eigenvalue weighted by atomic mass is 16.5. The lowest BCUT2D eigenvalue weighted by molar-refractivity contribution is -0.138. The molecule has 0 fully saturated rings. The zero-order valence-corrected chi connectivity index (χ0v) is 12.2. The first-order valence-corrected chi connectivity index (χ1v) is 6.91. The molecule has 4 heteroatoms. The molecule has 0 unspecified atom stereocenters. The van der Waals surface area contributed by atoms with Gasteiger partial charge in [-0.3, -0.25) is 0 Å². The molecule has 2 rings (SSSR count). The highest BCUT2D eigenvalue weighted by Crippen LogP contribution is 2.36. The predicted octanol–water partition coefficient (Wildman–Crippen LogP) is 2.99. The van der Waals surface area contributed by atoms with E-state index in [4.69, 9.17) is 14.2 Å². The van der Waals surface area contributed by atoms with Gasteiger partial charge in [-0.05, 0) is 42.7 Å². The van der Waals surface area contributed by atoms with Gasteiger partial charge in [-0.25, -0.2) is 4.79 Å². The number of carbonyl (C=O) groups excluding carboxylic acids is 1. The fourth-order valence-electron chi connectivity index (χ4n) is 2.19. The van der Waals surface area contributed by atoms with Crippen LogP contribution in [0.15, 0.2) is 17.7 Å². The first-order valence-electron chi connectivity index (χ1n) is 6.91. The molecular formula is C16H20O4. The third kappa shape index (κ3) is 2.95. The Labute approximate surface area is 119 Å². The van der Waals surface area contributed by atoms with Crippen molar-refractivity contribution in [3.05, 3.63) is 28.8 Å². The molecule has 4 nitrogen and oxygen atoms in total. The maximum absolute atomic E-state index is 11.8. The van der Waals surface area contributed by atoms with Crippen LogP contribution in [0.2, 0.25) is 0 Å². The Bertz CT molecular complexity index is 532. The van der Waals surface area contributed by atoms with Gasteiger partial charge in [0.05, 0.1) is 20.3 Å². The molecule has 0 heterocycles. The van der Waals surface area contributed by atoms with Crippen LogP contribution in [-0.2, 0) is 16.0 Å². The van der Waals surface area contributed by atoms with Crippen LogP contribution in [0, 0.1) is 0 Å². The van der Waals surface area contributed by atoms with E-state index >= 15 is 0 Å². The Kier molecular flexibility index (Phi) is 4.66. The number of esters is 1. The molecule has 1 aliphatic rings. The summed E-state index contributed by atoms with van der Waals surface area (Å²) in [6, 6.07) is 3.86. The fraction of sp³-hybridized carbons (Fsp3) is 0.438. The molecule has 0 atom stereocenters. The average molecular weight is 276 g/mol. The van der Waals surface area contributed by atoms with E-state index < -0.39 is 0 Å². The smallest absolute Gasteiger partial charge is 0.334 e. The molecule has 0 saturated heterocycles. The van der Waals surface area contributed by atoms with Gasteiger partial charge in [-0.15, -0.1) is 0 Å². The van der Waals surface area contributed by atoms with Crippen LogP contribution in [0.3, 0.4) is 0 Å². The highest BCUT2D eigenvalue weighted by Gasteiger charge is 2.22. The van der Waals surface area contributed by atoms with Gasteiger partial charge in [-0.2, -0.15) is 0 Å². The number of hydrogen-bond donors (Lipinski definition) is 0. The Balaban J connectivity index is 2.23. The van der Waals surface area contributed by atoms with Crippen molar-refractivity contribution in [3.63, 3.8) is 0 Å². The van der Waals surface area contributed by atoms with Crippen LogP contribution >= 0.6 is 0 Å². The van der Waals surface area contributed by atoms with Gasteiger partial charge in [0.2, 0.25) is 0 Å². The maximum atomic E-state index is 11.8. The van der Waals surface area contributed by atoms with Crippen molar-refractivity contribution < 1.29 is 19.0 Å². The molecule has 1 aliphatic carbocycles. The molecule has 0 bridgehead atoms. The van der Waals surface area contributed by atoms with Crippen molar-refractivity contribution in [2.75, 3.05) is 20.3 Å². The Morgan fingerprint density at radius 3 is 2.70 bits per heavy atom. The second-order valence-electron chi connectivity index (χ2n) is 4.62. The van der Waals surface area contributed by atoms with Gasteiger partial charge in [0.15, 0.2) is 11.5 Å². The van der Waals surface area contributed by atoms with Crippen molar-refractivity contribution >= 4 is 12.0 Å². The van der Waals surface area contributed by atoms with Gasteiger partial charge >= 0.3 is 5.97 Å². The molecule has 0 spiro atoms. The Morgan fingerprint density at radius 1 is 1.25 bits per heavy atom. The lowest BCUT2D eigenvalue weighted by Crippen LogP contribution is -2.07. The van der Waals surface area contributed by atoms with Crippen LogP contribution in [0.5, 0.6) is 11.5 Å². The third-order valence-electron chi connectivity index (χ3n) is 3.14. The second-order valence-corrected chi connectivity index (χ2v) is 4.62. The number of carbonyl (C=O) groups is 1. The van der Waals surface area contributed by atoms with E-state index in [-0.39, 0.29) is 5.97 Å². The van der Waals surface area contributed by atoms with Crippen LogP contribution in [0.4, 0.5) is 0 Å². The van der Waals surface area contributed by atoms with Crippen LogP contribution < -0.4 is 9.47 Å². The van der Waals surface area contributed by atoms with E-state index in [9.17, 15) is 4.79 Å². The second kappa shape index (κ2) is 6.46. The summed E-state index contributed by atoms with van der Waals surface area (Å²) >= 11 is 0. The maximum Gasteiger partial charge on any atom is 0.334 e. The zero-order chi connectivity index (χ0) is 14.5. The molecule has 0 radical (unpaired) electrons. The molecule has 1 aromatic carbocycles. The van der Waals surface area contributed by atoms with Crippen LogP contribution in [-0.4, -0.2) is 26.3 Å². The minimum atomic E-state index is -0.251. The first kappa shape index (κ1) is 14.4. The fourth-order valence-corrected chi connectivity index (χ4v) is 2.19. The van der Waals surface area contributed by atoms with E-state index in [2.05, 4.69) is 6.92 Å². The molecule has 0 saturated carbocycles. The number of hydrogen-bond acceptors (Lipinski definition) is 4. The molecule has 1 aromatic rings. The van der Waals surface area contributed by atoms with Crippen molar-refractivity contribution in [2.45, 2.75) is 26.7 Å². The number of rotatable bonds is 6. The summed E-state index contributed by atoms with van der Waals surface area (Å²) in [4.78, 5) is 11.8. The van der Waals surface area contributed by atoms with Crippen molar-refractivity contribution in [2.24, 2.45) is 0 Å². The van der Waals surface area contributed by atoms with Crippen LogP contribution in [0.25, 0.3) is 6.08 Å². The number of methoxy groups -OCH3 is 1. The van der Waals surface area contributed by atoms with Gasteiger partial charge in [0.25, 0.3) is 0 Å². The number of fused-ring (bicyclic) bond motifs is 1. The number of benzene rings is 1. The van der Waals surface area contributed by atoms with Gasteiger partial charge < -0.3 is 14.2 Å². The van der Waals surface area contributed by atoms with E-state index in [0.717, 1.165) is 23.3 Å². The molecule has 0 aliphatic heterocycles. The van der Waals surface area contributed by atoms with Gasteiger partial charge in [0, 0.05) is 12.0 Å². The molecule has 0 N–H and O–H groups in total. The normalized spacial score (nSPS) is 12.7. The first-order chi connectivity index (χ1) is 9.69. The van der Waals surface area contributed by atoms with Gasteiger partial charge in [0.1, 0.15) is 0 Å². The van der Waals surface area contributed by atoms with Crippen LogP contribution in [0.1, 0.15) is 31.4 Å². The highest BCUT2D eigenvalue weighted by molar-refractivity contribution is 5.96. The molecule has 20 heavy (non-hydrogen) atoms. The van der Waals surface area contributed by atoms with Crippen molar-refractivity contribution in [1.29, 1.82) is 0 Å². The summed E-state index contributed by atoms with van der Waals surface area (Å²) in [7, 11) is 1.62. The minimum absolute atomic E-state index is 0.251. The Morgan fingerprint density at radius 2 is 2.05 bits per heavy atom. The standard InChI is InChI=1S/C16H20O4/c1-4-6-20-15-10-12-8-13(16(17)19-5-2)7-11(12)9-14(15)18-3/h7,9-10H,4-6,8H2,1-3H3. The number of ether oxygens (including phenoxy) is 3. The SMILES string of the molecule is CCCOc1cc2c(cc1OC)C=C(C(=O)OCC)C2. The van der Waals surface area contributed by atoms with E-state index in [1.807, 2.05) is 18.2 Å². The molecule has 0 amide bonds. The van der Waals surface area contributed by atoms with E-state index in [1.165, 1.54) is 0 Å². The zero-order valence-electron chi connectivity index (χ0n) is 12.2. The van der Waals surface area contributed by atoms with Crippen molar-refractivity contribution in [1.82, 2.24) is 0 Å². The molecule has 108 valence electrons. The monoisotopic (exact) mass is 276 g/mol. The predicted molar refractivity (Wildman–Crippen MR) is 77.1 cm³/mol. The van der Waals surface area contributed by atoms with E-state index in [1.54, 1.807) is 14.0 Å². The lowest BCUT2D eigenvalue weighted by Gasteiger charge is -2.12. The minimum Gasteiger partial charge on any atom is -0.493 e. The lowest BCUT2D eigenvalue weighted by atomic mass is 10.1. The summed E-state index contributed by atoms with van der Waals surface area (Å²) in [5.41, 5.74) is 2.74. The average Bonchev–Trinajstić information content (AvgIpc) is 2.87. The topological polar surface area (TPSA) is 44.8 Å². The summed E-state index contributed by atoms with van der Waals surface area (Å²) in [5.74, 6) is 1.17. The van der Waals surface area contributed by atoms with E-state index in [0.29, 0.717) is 31.0 Å². The van der Waals surface area contributed by atoms with Crippen molar-refractivity contribution in [3.8, 4) is 11.5 Å². The largest absolute Gasteiger partial charge is 0.493 e.